The maximum atomic E-state index is 13.1. The van der Waals surface area contributed by atoms with E-state index in [-0.39, 0.29) is 17.9 Å². The van der Waals surface area contributed by atoms with E-state index in [1.165, 1.54) is 0 Å². The predicted octanol–water partition coefficient (Wildman–Crippen LogP) is 7.58. The maximum Gasteiger partial charge on any atom is 0.434 e. The summed E-state index contributed by atoms with van der Waals surface area (Å²) in [5.41, 5.74) is 7.31. The van der Waals surface area contributed by atoms with Gasteiger partial charge in [-0.2, -0.15) is 4.99 Å². The fraction of sp³-hybridized carbons (Fsp3) is 0.564. The summed E-state index contributed by atoms with van der Waals surface area (Å²) in [4.78, 5) is 34.0. The van der Waals surface area contributed by atoms with Gasteiger partial charge in [-0.25, -0.2) is 4.79 Å². The van der Waals surface area contributed by atoms with Crippen LogP contribution in [0.25, 0.3) is 6.08 Å². The molecule has 1 aliphatic rings. The van der Waals surface area contributed by atoms with Gasteiger partial charge in [0.2, 0.25) is 5.91 Å². The van der Waals surface area contributed by atoms with Crippen molar-refractivity contribution in [3.8, 4) is 0 Å². The van der Waals surface area contributed by atoms with Crippen LogP contribution < -0.4 is 15.1 Å². The standard InChI is InChI=1S/C39H57ClN4O5/c1-8-29-26-31(44(6)7)28-34-36(29)37(32-18-17-30(43(4)5)27-33(32)39(34,2)3)42-38(46)49-22-15-11-12-16-35(45)41-20-23-48-25-24-47-21-14-10-9-13-19-40/h8,17-18,26-28H,1,9-16,19-25H2,2-7H3,(H,41,45)/b42-37+. The van der Waals surface area contributed by atoms with Crippen molar-refractivity contribution < 1.29 is 23.8 Å². The Bertz CT molecular complexity index is 1420. The Morgan fingerprint density at radius 3 is 2.18 bits per heavy atom. The number of amides is 2. The Hall–Kier alpha value is -3.40. The van der Waals surface area contributed by atoms with Crippen molar-refractivity contribution in [2.45, 2.75) is 70.6 Å². The number of nitrogens with one attached hydrogen (secondary N) is 1. The van der Waals surface area contributed by atoms with E-state index in [9.17, 15) is 9.59 Å². The molecule has 0 saturated heterocycles. The number of unbranched alkanes of at least 4 members (excludes halogenated alkanes) is 5. The molecule has 2 aromatic rings. The van der Waals surface area contributed by atoms with E-state index in [1.54, 1.807) is 0 Å². The topological polar surface area (TPSA) is 92.7 Å². The number of benzene rings is 2. The normalized spacial score (nSPS) is 13.8. The van der Waals surface area contributed by atoms with E-state index >= 15 is 0 Å². The minimum atomic E-state index is -0.625. The SMILES string of the molecule is C=Cc1cc(N(C)C)cc2c1/C(=N/C(=O)OCCCCCC(=O)NCCOCCOCCCCCCCl)c1ccc(N(C)C)cc1C2(C)C. The quantitative estimate of drug-likeness (QED) is 0.106. The Balaban J connectivity index is 1.48. The lowest BCUT2D eigenvalue weighted by Crippen LogP contribution is -2.33. The summed E-state index contributed by atoms with van der Waals surface area (Å²) in [6, 6.07) is 10.5. The fourth-order valence-corrected chi connectivity index (χ4v) is 6.12. The van der Waals surface area contributed by atoms with Crippen LogP contribution in [-0.2, 0) is 24.4 Å². The van der Waals surface area contributed by atoms with Gasteiger partial charge in [0, 0.05) is 81.6 Å². The minimum absolute atomic E-state index is 0.00869. The molecule has 0 aromatic heterocycles. The molecule has 0 saturated carbocycles. The van der Waals surface area contributed by atoms with Crippen LogP contribution in [0, 0.1) is 0 Å². The van der Waals surface area contributed by atoms with Gasteiger partial charge >= 0.3 is 6.09 Å². The lowest BCUT2D eigenvalue weighted by molar-refractivity contribution is -0.121. The van der Waals surface area contributed by atoms with Gasteiger partial charge < -0.3 is 29.3 Å². The fourth-order valence-electron chi connectivity index (χ4n) is 5.93. The molecule has 0 bridgehead atoms. The van der Waals surface area contributed by atoms with Crippen molar-refractivity contribution in [1.29, 1.82) is 0 Å². The average Bonchev–Trinajstić information content (AvgIpc) is 3.07. The number of alkyl halides is 1. The van der Waals surface area contributed by atoms with E-state index in [0.29, 0.717) is 51.3 Å². The number of fused-ring (bicyclic) bond motifs is 2. The second-order valence-corrected chi connectivity index (χ2v) is 13.7. The number of hydrogen-bond acceptors (Lipinski definition) is 7. The van der Waals surface area contributed by atoms with E-state index in [1.807, 2.05) is 40.3 Å². The zero-order valence-electron chi connectivity index (χ0n) is 30.5. The minimum Gasteiger partial charge on any atom is -0.448 e. The van der Waals surface area contributed by atoms with Crippen LogP contribution in [0.5, 0.6) is 0 Å². The highest BCUT2D eigenvalue weighted by molar-refractivity contribution is 6.21. The molecular formula is C39H57ClN4O5. The van der Waals surface area contributed by atoms with Gasteiger partial charge in [0.05, 0.1) is 32.1 Å². The molecule has 10 heteroatoms. The summed E-state index contributed by atoms with van der Waals surface area (Å²) in [5.74, 6) is 0.713. The number of anilines is 2. The van der Waals surface area contributed by atoms with Gasteiger partial charge in [-0.3, -0.25) is 4.79 Å². The van der Waals surface area contributed by atoms with Crippen molar-refractivity contribution in [3.05, 3.63) is 64.7 Å². The molecule has 0 aliphatic heterocycles. The molecule has 9 nitrogen and oxygen atoms in total. The van der Waals surface area contributed by atoms with Crippen molar-refractivity contribution in [1.82, 2.24) is 5.32 Å². The molecule has 0 unspecified atom stereocenters. The van der Waals surface area contributed by atoms with E-state index in [4.69, 9.17) is 25.8 Å². The van der Waals surface area contributed by atoms with Crippen molar-refractivity contribution in [3.63, 3.8) is 0 Å². The molecule has 0 heterocycles. The van der Waals surface area contributed by atoms with Gasteiger partial charge in [0.25, 0.3) is 0 Å². The van der Waals surface area contributed by atoms with Gasteiger partial charge in [0.15, 0.2) is 0 Å². The Kier molecular flexibility index (Phi) is 16.6. The van der Waals surface area contributed by atoms with Crippen LogP contribution in [0.15, 0.2) is 41.9 Å². The third-order valence-corrected chi connectivity index (χ3v) is 9.11. The van der Waals surface area contributed by atoms with Crippen molar-refractivity contribution in [2.75, 3.05) is 83.4 Å². The van der Waals surface area contributed by atoms with Crippen molar-refractivity contribution in [2.24, 2.45) is 4.99 Å². The summed E-state index contributed by atoms with van der Waals surface area (Å²) in [5, 5.41) is 2.89. The lowest BCUT2D eigenvalue weighted by atomic mass is 9.67. The number of halogens is 1. The average molecular weight is 697 g/mol. The van der Waals surface area contributed by atoms with Crippen LogP contribution >= 0.6 is 11.6 Å². The summed E-state index contributed by atoms with van der Waals surface area (Å²) in [7, 11) is 8.08. The van der Waals surface area contributed by atoms with Gasteiger partial charge in [-0.05, 0) is 73.1 Å². The van der Waals surface area contributed by atoms with Crippen LogP contribution in [0.2, 0.25) is 0 Å². The lowest BCUT2D eigenvalue weighted by Gasteiger charge is -2.38. The monoisotopic (exact) mass is 696 g/mol. The molecule has 0 spiro atoms. The van der Waals surface area contributed by atoms with E-state index < -0.39 is 6.09 Å². The zero-order chi connectivity index (χ0) is 35.8. The second-order valence-electron chi connectivity index (χ2n) is 13.4. The van der Waals surface area contributed by atoms with Gasteiger partial charge in [-0.15, -0.1) is 11.6 Å². The molecule has 0 radical (unpaired) electrons. The second kappa shape index (κ2) is 20.3. The third kappa shape index (κ3) is 11.9. The summed E-state index contributed by atoms with van der Waals surface area (Å²) in [6.45, 7) is 11.5. The zero-order valence-corrected chi connectivity index (χ0v) is 31.3. The summed E-state index contributed by atoms with van der Waals surface area (Å²) < 4.78 is 16.7. The molecule has 3 rings (SSSR count). The first kappa shape index (κ1) is 40.0. The first-order chi connectivity index (χ1) is 23.5. The maximum absolute atomic E-state index is 13.1. The van der Waals surface area contributed by atoms with Crippen molar-refractivity contribution >= 4 is 46.8 Å². The first-order valence-electron chi connectivity index (χ1n) is 17.6. The number of ether oxygens (including phenoxy) is 3. The molecule has 2 aromatic carbocycles. The molecular weight excluding hydrogens is 640 g/mol. The highest BCUT2D eigenvalue weighted by Gasteiger charge is 2.38. The smallest absolute Gasteiger partial charge is 0.434 e. The first-order valence-corrected chi connectivity index (χ1v) is 18.1. The molecule has 1 N–H and O–H groups in total. The van der Waals surface area contributed by atoms with Gasteiger partial charge in [0.1, 0.15) is 0 Å². The Labute approximate surface area is 299 Å². The molecule has 1 aliphatic carbocycles. The third-order valence-electron chi connectivity index (χ3n) is 8.84. The number of rotatable bonds is 21. The van der Waals surface area contributed by atoms with E-state index in [0.717, 1.165) is 83.8 Å². The highest BCUT2D eigenvalue weighted by atomic mass is 35.5. The highest BCUT2D eigenvalue weighted by Crippen LogP contribution is 2.45. The summed E-state index contributed by atoms with van der Waals surface area (Å²) >= 11 is 5.68. The predicted molar refractivity (Wildman–Crippen MR) is 203 cm³/mol. The van der Waals surface area contributed by atoms with Crippen LogP contribution in [0.1, 0.15) is 93.0 Å². The molecule has 0 fully saturated rings. The number of aliphatic imine (C=N–C) groups is 1. The van der Waals surface area contributed by atoms with Crippen LogP contribution in [0.3, 0.4) is 0 Å². The summed E-state index contributed by atoms with van der Waals surface area (Å²) in [6.07, 6.45) is 8.12. The largest absolute Gasteiger partial charge is 0.448 e. The van der Waals surface area contributed by atoms with Gasteiger partial charge in [-0.1, -0.05) is 45.4 Å². The number of hydrogen-bond donors (Lipinski definition) is 1. The molecule has 2 amide bonds. The Morgan fingerprint density at radius 2 is 1.49 bits per heavy atom. The molecule has 49 heavy (non-hydrogen) atoms. The molecule has 270 valence electrons. The number of nitrogens with zero attached hydrogens (tertiary/aromatic N) is 3. The number of carbonyl (C=O) groups is 2. The number of carbonyl (C=O) groups excluding carboxylic acids is 2. The van der Waals surface area contributed by atoms with E-state index in [2.05, 4.69) is 64.8 Å². The molecule has 0 atom stereocenters. The Morgan fingerprint density at radius 1 is 0.837 bits per heavy atom. The van der Waals surface area contributed by atoms with Crippen LogP contribution in [-0.4, -0.2) is 91.4 Å². The van der Waals surface area contributed by atoms with Crippen LogP contribution in [0.4, 0.5) is 16.2 Å².